The van der Waals surface area contributed by atoms with E-state index in [0.717, 1.165) is 29.3 Å². The van der Waals surface area contributed by atoms with Crippen LogP contribution in [-0.4, -0.2) is 19.3 Å². The molecule has 2 unspecified atom stereocenters. The van der Waals surface area contributed by atoms with Crippen molar-refractivity contribution in [3.05, 3.63) is 32.2 Å². The third kappa shape index (κ3) is 7.66. The first kappa shape index (κ1) is 29.8. The zero-order chi connectivity index (χ0) is 25.9. The van der Waals surface area contributed by atoms with E-state index in [4.69, 9.17) is 0 Å². The van der Waals surface area contributed by atoms with Crippen LogP contribution in [0.3, 0.4) is 0 Å². The molecule has 0 amide bonds. The molecule has 1 aliphatic carbocycles. The van der Waals surface area contributed by atoms with E-state index < -0.39 is 4.83 Å². The zero-order valence-electron chi connectivity index (χ0n) is 22.0. The molecule has 2 atom stereocenters. The van der Waals surface area contributed by atoms with E-state index in [1.165, 1.54) is 89.9 Å². The molecule has 3 rings (SSSR count). The average molecular weight is 645 g/mol. The topological polar surface area (TPSA) is 62.9 Å². The molecule has 0 saturated carbocycles. The summed E-state index contributed by atoms with van der Waals surface area (Å²) in [6.45, 7) is 4.51. The number of hydrogen-bond acceptors (Lipinski definition) is 5. The summed E-state index contributed by atoms with van der Waals surface area (Å²) in [5.74, 6) is 0.354. The SMILES string of the molecule is CCCCCCCCCCC(CCCCCCCC)CC1=C2C(=O)C(Br)c3nsnc3C2=C(Br)[N+]1=O. The van der Waals surface area contributed by atoms with Crippen molar-refractivity contribution in [3.63, 3.8) is 0 Å². The van der Waals surface area contributed by atoms with Gasteiger partial charge in [0.05, 0.1) is 16.5 Å². The maximum Gasteiger partial charge on any atom is 0.314 e. The Hall–Kier alpha value is -0.730. The van der Waals surface area contributed by atoms with Gasteiger partial charge in [0.1, 0.15) is 27.4 Å². The van der Waals surface area contributed by atoms with Crippen molar-refractivity contribution in [2.75, 3.05) is 0 Å². The van der Waals surface area contributed by atoms with Gasteiger partial charge in [-0.15, -0.1) is 0 Å². The molecule has 2 heterocycles. The van der Waals surface area contributed by atoms with Gasteiger partial charge in [0, 0.05) is 27.3 Å². The number of alkyl halides is 1. The molecule has 5 nitrogen and oxygen atoms in total. The van der Waals surface area contributed by atoms with Crippen LogP contribution in [0, 0.1) is 10.8 Å². The van der Waals surface area contributed by atoms with Gasteiger partial charge in [-0.2, -0.15) is 8.75 Å². The van der Waals surface area contributed by atoms with Gasteiger partial charge in [-0.25, -0.2) is 0 Å². The van der Waals surface area contributed by atoms with Gasteiger partial charge in [0.2, 0.25) is 0 Å². The van der Waals surface area contributed by atoms with Gasteiger partial charge >= 0.3 is 4.61 Å². The summed E-state index contributed by atoms with van der Waals surface area (Å²) in [6.07, 6.45) is 21.0. The molecular formula is C28H42Br2N3O2S+. The lowest BCUT2D eigenvalue weighted by Gasteiger charge is -2.18. The summed E-state index contributed by atoms with van der Waals surface area (Å²) in [5, 5.41) is 0. The van der Waals surface area contributed by atoms with Gasteiger partial charge in [-0.1, -0.05) is 120 Å². The Bertz CT molecular complexity index is 956. The van der Waals surface area contributed by atoms with E-state index in [-0.39, 0.29) is 5.78 Å². The third-order valence-corrected chi connectivity index (χ3v) is 9.66. The van der Waals surface area contributed by atoms with Crippen molar-refractivity contribution < 1.29 is 9.55 Å². The fourth-order valence-electron chi connectivity index (χ4n) is 5.42. The maximum absolute atomic E-state index is 13.3. The number of nitroso groups, excluding NO2 is 1. The van der Waals surface area contributed by atoms with Crippen molar-refractivity contribution in [1.82, 2.24) is 8.75 Å². The second-order valence-electron chi connectivity index (χ2n) is 10.4. The molecule has 0 radical (unpaired) electrons. The summed E-state index contributed by atoms with van der Waals surface area (Å²) in [5.41, 5.74) is 3.07. The highest BCUT2D eigenvalue weighted by Crippen LogP contribution is 2.50. The van der Waals surface area contributed by atoms with Crippen molar-refractivity contribution in [2.24, 2.45) is 5.92 Å². The van der Waals surface area contributed by atoms with Crippen molar-refractivity contribution in [3.8, 4) is 0 Å². The number of hydrogen-bond donors (Lipinski definition) is 0. The number of rotatable bonds is 18. The number of carbonyl (C=O) groups excluding carboxylic acids is 1. The fourth-order valence-corrected chi connectivity index (χ4v) is 7.29. The van der Waals surface area contributed by atoms with Gasteiger partial charge in [0.15, 0.2) is 5.78 Å². The molecule has 200 valence electrons. The monoisotopic (exact) mass is 642 g/mol. The Morgan fingerprint density at radius 3 is 1.92 bits per heavy atom. The predicted molar refractivity (Wildman–Crippen MR) is 156 cm³/mol. The molecule has 1 aromatic rings. The lowest BCUT2D eigenvalue weighted by molar-refractivity contribution is -0.430. The maximum atomic E-state index is 13.3. The first-order valence-corrected chi connectivity index (χ1v) is 16.6. The largest absolute Gasteiger partial charge is 0.314 e. The minimum absolute atomic E-state index is 0.0686. The Morgan fingerprint density at radius 1 is 0.833 bits per heavy atom. The number of carbonyl (C=O) groups is 1. The van der Waals surface area contributed by atoms with E-state index in [9.17, 15) is 9.70 Å². The van der Waals surface area contributed by atoms with Gasteiger partial charge < -0.3 is 0 Å². The first-order valence-electron chi connectivity index (χ1n) is 14.1. The molecule has 0 aromatic carbocycles. The van der Waals surface area contributed by atoms with E-state index in [0.29, 0.717) is 45.2 Å². The standard InChI is InChI=1S/C28H42Br2N3O2S/c1-3-5-7-9-11-12-14-16-18-20(17-15-13-10-8-6-4-2)19-21-22-23(28(30)33(21)35)25-26(32-36-31-25)24(29)27(22)34/h20,24H,3-19H2,1-2H3/q+1. The van der Waals surface area contributed by atoms with Crippen LogP contribution < -0.4 is 0 Å². The van der Waals surface area contributed by atoms with Crippen molar-refractivity contribution in [1.29, 1.82) is 0 Å². The number of Topliss-reactive ketones (excluding diaryl/α,β-unsaturated/α-hetero) is 1. The van der Waals surface area contributed by atoms with Crippen LogP contribution >= 0.6 is 43.6 Å². The summed E-state index contributed by atoms with van der Waals surface area (Å²) in [7, 11) is 0. The number of unbranched alkanes of at least 4 members (excludes halogenated alkanes) is 12. The normalized spacial score (nSPS) is 18.3. The highest BCUT2D eigenvalue weighted by atomic mass is 79.9. The minimum Gasteiger partial charge on any atom is -0.292 e. The molecule has 36 heavy (non-hydrogen) atoms. The lowest BCUT2D eigenvalue weighted by Crippen LogP contribution is -2.20. The van der Waals surface area contributed by atoms with E-state index in [2.05, 4.69) is 54.5 Å². The van der Waals surface area contributed by atoms with Crippen LogP contribution in [0.15, 0.2) is 15.9 Å². The zero-order valence-corrected chi connectivity index (χ0v) is 26.0. The van der Waals surface area contributed by atoms with Crippen LogP contribution in [0.25, 0.3) is 5.57 Å². The van der Waals surface area contributed by atoms with Crippen LogP contribution in [-0.2, 0) is 4.79 Å². The predicted octanol–water partition coefficient (Wildman–Crippen LogP) is 9.95. The number of ketones is 1. The molecule has 8 heteroatoms. The van der Waals surface area contributed by atoms with Crippen LogP contribution in [0.5, 0.6) is 0 Å². The number of aromatic nitrogens is 2. The summed E-state index contributed by atoms with van der Waals surface area (Å²) in [6, 6.07) is 0. The van der Waals surface area contributed by atoms with E-state index in [1.54, 1.807) is 0 Å². The smallest absolute Gasteiger partial charge is 0.292 e. The van der Waals surface area contributed by atoms with Gasteiger partial charge in [-0.05, 0) is 18.8 Å². The Kier molecular flexibility index (Phi) is 12.9. The molecule has 0 N–H and O–H groups in total. The lowest BCUT2D eigenvalue weighted by atomic mass is 9.85. The minimum atomic E-state index is -0.531. The van der Waals surface area contributed by atoms with E-state index >= 15 is 0 Å². The molecule has 0 spiro atoms. The third-order valence-electron chi connectivity index (χ3n) is 7.55. The average Bonchev–Trinajstić information content (AvgIpc) is 3.45. The number of fused-ring (bicyclic) bond motifs is 3. The van der Waals surface area contributed by atoms with Gasteiger partial charge in [0.25, 0.3) is 5.70 Å². The Labute approximate surface area is 238 Å². The van der Waals surface area contributed by atoms with Crippen LogP contribution in [0.1, 0.15) is 139 Å². The van der Waals surface area contributed by atoms with Gasteiger partial charge in [-0.3, -0.25) is 4.79 Å². The first-order chi connectivity index (χ1) is 17.5. The molecular weight excluding hydrogens is 602 g/mol. The summed E-state index contributed by atoms with van der Waals surface area (Å²) >= 11 is 8.09. The van der Waals surface area contributed by atoms with E-state index in [1.807, 2.05) is 0 Å². The molecule has 0 bridgehead atoms. The van der Waals surface area contributed by atoms with Crippen molar-refractivity contribution >= 4 is 54.9 Å². The van der Waals surface area contributed by atoms with Crippen LogP contribution in [0.4, 0.5) is 0 Å². The molecule has 2 aliphatic rings. The molecule has 1 aromatic heterocycles. The van der Waals surface area contributed by atoms with Crippen molar-refractivity contribution in [2.45, 2.75) is 128 Å². The highest BCUT2D eigenvalue weighted by Gasteiger charge is 2.51. The van der Waals surface area contributed by atoms with Crippen LogP contribution in [0.2, 0.25) is 0 Å². The quantitative estimate of drug-likeness (QED) is 0.0691. The molecule has 0 fully saturated rings. The number of halogens is 2. The second-order valence-corrected chi connectivity index (χ2v) is 12.6. The molecule has 0 saturated heterocycles. The summed E-state index contributed by atoms with van der Waals surface area (Å²) in [4.78, 5) is 26.1. The second kappa shape index (κ2) is 15.6. The fraction of sp³-hybridized carbons (Fsp3) is 0.750. The summed E-state index contributed by atoms with van der Waals surface area (Å²) < 4.78 is 10.1. The Balaban J connectivity index is 1.65. The Morgan fingerprint density at radius 2 is 1.36 bits per heavy atom. The number of nitrogens with zero attached hydrogens (tertiary/aromatic N) is 3. The highest BCUT2D eigenvalue weighted by molar-refractivity contribution is 9.11. The number of allylic oxidation sites excluding steroid dienone is 3. The molecule has 1 aliphatic heterocycles.